The number of ether oxygens (including phenoxy) is 1. The van der Waals surface area contributed by atoms with Gasteiger partial charge in [-0.2, -0.15) is 5.26 Å². The summed E-state index contributed by atoms with van der Waals surface area (Å²) in [5.74, 6) is -0.265. The molecule has 0 bridgehead atoms. The van der Waals surface area contributed by atoms with E-state index >= 15 is 0 Å². The Balaban J connectivity index is 1.47. The van der Waals surface area contributed by atoms with E-state index in [2.05, 4.69) is 16.4 Å². The minimum absolute atomic E-state index is 0.295. The number of para-hydroxylation sites is 1. The molecule has 0 spiro atoms. The molecule has 33 heavy (non-hydrogen) atoms. The first kappa shape index (κ1) is 21.6. The van der Waals surface area contributed by atoms with Crippen molar-refractivity contribution in [2.75, 3.05) is 11.9 Å². The van der Waals surface area contributed by atoms with E-state index in [0.29, 0.717) is 22.7 Å². The Morgan fingerprint density at radius 3 is 2.48 bits per heavy atom. The predicted octanol–water partition coefficient (Wildman–Crippen LogP) is 4.42. The molecule has 0 unspecified atom stereocenters. The van der Waals surface area contributed by atoms with Crippen LogP contribution >= 0.6 is 0 Å². The summed E-state index contributed by atoms with van der Waals surface area (Å²) < 4.78 is 12.2. The van der Waals surface area contributed by atoms with Crippen LogP contribution in [0.15, 0.2) is 71.6 Å². The van der Waals surface area contributed by atoms with E-state index in [1.807, 2.05) is 44.2 Å². The number of amides is 1. The summed E-state index contributed by atoms with van der Waals surface area (Å²) >= 11 is 0. The number of nitrogens with zero attached hydrogens (tertiary/aromatic N) is 3. The Bertz CT molecular complexity index is 1330. The Hall–Kier alpha value is -4.64. The third kappa shape index (κ3) is 4.38. The van der Waals surface area contributed by atoms with Crippen molar-refractivity contribution in [3.05, 3.63) is 89.6 Å². The van der Waals surface area contributed by atoms with Crippen LogP contribution in [-0.2, 0) is 9.53 Å². The zero-order valence-corrected chi connectivity index (χ0v) is 18.0. The molecule has 0 radical (unpaired) electrons. The van der Waals surface area contributed by atoms with Gasteiger partial charge in [-0.05, 0) is 43.7 Å². The van der Waals surface area contributed by atoms with Crippen LogP contribution in [0.4, 0.5) is 5.82 Å². The fraction of sp³-hybridized carbons (Fsp3) is 0.120. The van der Waals surface area contributed by atoms with Gasteiger partial charge in [-0.25, -0.2) is 9.78 Å². The first-order valence-electron chi connectivity index (χ1n) is 10.1. The second-order valence-corrected chi connectivity index (χ2v) is 7.28. The number of esters is 1. The normalized spacial score (nSPS) is 10.5. The van der Waals surface area contributed by atoms with Crippen molar-refractivity contribution >= 4 is 17.7 Å². The first-order chi connectivity index (χ1) is 16.0. The molecule has 1 amide bonds. The molecule has 2 aromatic heterocycles. The molecule has 8 heteroatoms. The van der Waals surface area contributed by atoms with Crippen molar-refractivity contribution in [3.8, 4) is 23.1 Å². The molecule has 0 aliphatic carbocycles. The number of oxazole rings is 1. The fourth-order valence-electron chi connectivity index (χ4n) is 3.47. The molecule has 1 N–H and O–H groups in total. The van der Waals surface area contributed by atoms with Gasteiger partial charge in [-0.1, -0.05) is 30.3 Å². The first-order valence-corrected chi connectivity index (χ1v) is 10.1. The van der Waals surface area contributed by atoms with Crippen LogP contribution in [0.1, 0.15) is 27.2 Å². The van der Waals surface area contributed by atoms with Gasteiger partial charge in [0.15, 0.2) is 18.8 Å². The standard InChI is InChI=1S/C25H20N4O4/c1-16-17(2)29(20-6-4-3-5-7-20)24(21(16)12-26)28-23(30)14-32-25(31)19-10-8-18(9-11-19)22-13-27-15-33-22/h3-11,13,15H,14H2,1-2H3,(H,28,30). The minimum atomic E-state index is -0.638. The maximum Gasteiger partial charge on any atom is 0.338 e. The maximum absolute atomic E-state index is 12.6. The van der Waals surface area contributed by atoms with Gasteiger partial charge in [0.1, 0.15) is 11.9 Å². The topological polar surface area (TPSA) is 110 Å². The van der Waals surface area contributed by atoms with E-state index in [9.17, 15) is 14.9 Å². The molecule has 4 rings (SSSR count). The molecule has 0 saturated heterocycles. The smallest absolute Gasteiger partial charge is 0.338 e. The molecule has 4 aromatic rings. The fourth-order valence-corrected chi connectivity index (χ4v) is 3.47. The number of hydrogen-bond donors (Lipinski definition) is 1. The zero-order valence-electron chi connectivity index (χ0n) is 18.0. The number of nitriles is 1. The summed E-state index contributed by atoms with van der Waals surface area (Å²) in [4.78, 5) is 28.8. The number of benzene rings is 2. The second kappa shape index (κ2) is 9.24. The molecule has 164 valence electrons. The van der Waals surface area contributed by atoms with Crippen molar-refractivity contribution in [3.63, 3.8) is 0 Å². The maximum atomic E-state index is 12.6. The SMILES string of the molecule is Cc1c(C#N)c(NC(=O)COC(=O)c2ccc(-c3cnco3)cc2)n(-c2ccccc2)c1C. The summed E-state index contributed by atoms with van der Waals surface area (Å²) in [7, 11) is 0. The van der Waals surface area contributed by atoms with Crippen molar-refractivity contribution in [2.45, 2.75) is 13.8 Å². The highest BCUT2D eigenvalue weighted by Gasteiger charge is 2.21. The number of anilines is 1. The summed E-state index contributed by atoms with van der Waals surface area (Å²) in [6.07, 6.45) is 2.90. The Labute approximate surface area is 190 Å². The van der Waals surface area contributed by atoms with Gasteiger partial charge in [0, 0.05) is 16.9 Å². The molecule has 0 aliphatic rings. The molecule has 2 heterocycles. The molecule has 2 aromatic carbocycles. The number of carbonyl (C=O) groups is 2. The lowest BCUT2D eigenvalue weighted by atomic mass is 10.1. The van der Waals surface area contributed by atoms with E-state index in [1.165, 1.54) is 6.39 Å². The number of hydrogen-bond acceptors (Lipinski definition) is 6. The molecule has 0 aliphatic heterocycles. The van der Waals surface area contributed by atoms with Crippen LogP contribution in [0.2, 0.25) is 0 Å². The lowest BCUT2D eigenvalue weighted by molar-refractivity contribution is -0.119. The average molecular weight is 440 g/mol. The third-order valence-electron chi connectivity index (χ3n) is 5.27. The van der Waals surface area contributed by atoms with Gasteiger partial charge < -0.3 is 14.5 Å². The lowest BCUT2D eigenvalue weighted by Gasteiger charge is -2.13. The van der Waals surface area contributed by atoms with Gasteiger partial charge >= 0.3 is 5.97 Å². The lowest BCUT2D eigenvalue weighted by Crippen LogP contribution is -2.22. The highest BCUT2D eigenvalue weighted by Crippen LogP contribution is 2.29. The van der Waals surface area contributed by atoms with Crippen molar-refractivity contribution in [2.24, 2.45) is 0 Å². The van der Waals surface area contributed by atoms with Gasteiger partial charge in [0.25, 0.3) is 5.91 Å². The van der Waals surface area contributed by atoms with E-state index < -0.39 is 18.5 Å². The van der Waals surface area contributed by atoms with Gasteiger partial charge in [-0.3, -0.25) is 9.36 Å². The average Bonchev–Trinajstić information content (AvgIpc) is 3.45. The van der Waals surface area contributed by atoms with E-state index in [1.54, 1.807) is 35.0 Å². The molecule has 0 atom stereocenters. The second-order valence-electron chi connectivity index (χ2n) is 7.28. The molecule has 0 fully saturated rings. The van der Waals surface area contributed by atoms with E-state index in [4.69, 9.17) is 9.15 Å². The predicted molar refractivity (Wildman–Crippen MR) is 121 cm³/mol. The third-order valence-corrected chi connectivity index (χ3v) is 5.27. The summed E-state index contributed by atoms with van der Waals surface area (Å²) in [5.41, 5.74) is 3.82. The van der Waals surface area contributed by atoms with E-state index in [0.717, 1.165) is 22.5 Å². The number of aromatic nitrogens is 2. The highest BCUT2D eigenvalue weighted by atomic mass is 16.5. The van der Waals surface area contributed by atoms with Gasteiger partial charge in [0.2, 0.25) is 0 Å². The summed E-state index contributed by atoms with van der Waals surface area (Å²) in [6, 6.07) is 18.1. The van der Waals surface area contributed by atoms with Gasteiger partial charge in [-0.15, -0.1) is 0 Å². The summed E-state index contributed by atoms with van der Waals surface area (Å²) in [5, 5.41) is 12.4. The van der Waals surface area contributed by atoms with Crippen LogP contribution in [0, 0.1) is 25.2 Å². The largest absolute Gasteiger partial charge is 0.452 e. The van der Waals surface area contributed by atoms with E-state index in [-0.39, 0.29) is 0 Å². The van der Waals surface area contributed by atoms with Crippen LogP contribution in [0.3, 0.4) is 0 Å². The van der Waals surface area contributed by atoms with Crippen molar-refractivity contribution < 1.29 is 18.7 Å². The Morgan fingerprint density at radius 2 is 1.85 bits per heavy atom. The molecular weight excluding hydrogens is 420 g/mol. The van der Waals surface area contributed by atoms with Gasteiger partial charge in [0.05, 0.1) is 17.3 Å². The molecule has 0 saturated carbocycles. The summed E-state index contributed by atoms with van der Waals surface area (Å²) in [6.45, 7) is 3.21. The number of carbonyl (C=O) groups excluding carboxylic acids is 2. The minimum Gasteiger partial charge on any atom is -0.452 e. The van der Waals surface area contributed by atoms with Crippen molar-refractivity contribution in [1.82, 2.24) is 9.55 Å². The van der Waals surface area contributed by atoms with Crippen LogP contribution in [0.5, 0.6) is 0 Å². The quantitative estimate of drug-likeness (QED) is 0.445. The van der Waals surface area contributed by atoms with Crippen LogP contribution in [-0.4, -0.2) is 28.0 Å². The molecule has 8 nitrogen and oxygen atoms in total. The van der Waals surface area contributed by atoms with Crippen molar-refractivity contribution in [1.29, 1.82) is 5.26 Å². The molecular formula is C25H20N4O4. The highest BCUT2D eigenvalue weighted by molar-refractivity contribution is 5.96. The Kier molecular flexibility index (Phi) is 6.04. The Morgan fingerprint density at radius 1 is 1.12 bits per heavy atom. The van der Waals surface area contributed by atoms with Crippen LogP contribution < -0.4 is 5.32 Å². The monoisotopic (exact) mass is 440 g/mol. The number of nitrogens with one attached hydrogen (secondary N) is 1. The zero-order chi connectivity index (χ0) is 23.4. The van der Waals surface area contributed by atoms with Crippen LogP contribution in [0.25, 0.3) is 17.0 Å². The number of rotatable bonds is 6.